The zero-order valence-corrected chi connectivity index (χ0v) is 22.7. The molecule has 0 saturated heterocycles. The van der Waals surface area contributed by atoms with Gasteiger partial charge in [-0.15, -0.1) is 0 Å². The SMILES string of the molecule is [2H]c1c([2H])c([2H])c(-c2nc(-c3c([2H])c([2H])c([2H])c(-n4c5c([2H])c([2H])c([2H])c([2H])c5c5c([2H])c(C)c([2H])c([2H])c54)c3[2H])nc(-n3c4c([2H])c([2H])c([2H])c([2H])c4c4c([2H])c([2H])c([2H])c([2H])c43)n2)c([2H])c1[2H]. The van der Waals surface area contributed by atoms with Gasteiger partial charge in [-0.05, 0) is 49.2 Å². The van der Waals surface area contributed by atoms with Crippen LogP contribution in [-0.4, -0.2) is 24.1 Å². The summed E-state index contributed by atoms with van der Waals surface area (Å²) in [5, 5.41) is -1.49. The van der Waals surface area contributed by atoms with E-state index in [1.165, 1.54) is 6.92 Å². The summed E-state index contributed by atoms with van der Waals surface area (Å²) in [7, 11) is 0. The van der Waals surface area contributed by atoms with Gasteiger partial charge in [-0.3, -0.25) is 4.57 Å². The number of nitrogens with zero attached hydrogens (tertiary/aromatic N) is 5. The van der Waals surface area contributed by atoms with Crippen molar-refractivity contribution in [2.24, 2.45) is 0 Å². The zero-order chi connectivity index (χ0) is 50.8. The molecule has 45 heavy (non-hydrogen) atoms. The van der Waals surface area contributed by atoms with Crippen LogP contribution in [0, 0.1) is 6.92 Å². The minimum absolute atomic E-state index is 0.0581. The Balaban J connectivity index is 1.53. The highest BCUT2D eigenvalue weighted by Gasteiger charge is 2.18. The number of benzene rings is 6. The molecular formula is C40H27N5. The summed E-state index contributed by atoms with van der Waals surface area (Å²) in [6.07, 6.45) is 0. The molecule has 0 radical (unpaired) electrons. The van der Waals surface area contributed by atoms with Crippen LogP contribution in [0.5, 0.6) is 0 Å². The van der Waals surface area contributed by atoms with E-state index in [0.717, 1.165) is 9.13 Å². The van der Waals surface area contributed by atoms with Crippen molar-refractivity contribution in [2.45, 2.75) is 6.92 Å². The van der Waals surface area contributed by atoms with Gasteiger partial charge in [0.25, 0.3) is 0 Å². The van der Waals surface area contributed by atoms with E-state index in [0.29, 0.717) is 0 Å². The monoisotopic (exact) mass is 601 g/mol. The Morgan fingerprint density at radius 2 is 0.978 bits per heavy atom. The molecule has 3 aromatic heterocycles. The van der Waals surface area contributed by atoms with Gasteiger partial charge in [-0.2, -0.15) is 9.97 Å². The van der Waals surface area contributed by atoms with Crippen LogP contribution >= 0.6 is 0 Å². The van der Waals surface area contributed by atoms with Crippen LogP contribution in [0.15, 0.2) is 145 Å². The van der Waals surface area contributed by atoms with E-state index in [9.17, 15) is 4.11 Å². The largest absolute Gasteiger partial charge is 0.309 e. The van der Waals surface area contributed by atoms with E-state index >= 15 is 0 Å². The molecule has 0 atom stereocenters. The fraction of sp³-hybridized carbons (Fsp3) is 0.0250. The molecule has 0 aliphatic rings. The molecule has 6 aromatic carbocycles. The standard InChI is InChI=1S/C40H27N5/c1-26-22-23-37-33(24-26)32-18-7-8-19-34(32)44(37)29-15-11-14-28(25-29)39-41-38(27-12-3-2-4-13-27)42-40(43-39)45-35-20-9-5-16-30(35)31-17-6-10-21-36(31)45/h2-25H,1H3/i2D,3D,4D,5D,6D,7D,8D,9D,10D,11D,12D,13D,14D,15D,16D,17D,18D,19D,20D,21D,22D,23D,24D,25D. The normalized spacial score (nSPS) is 19.1. The quantitative estimate of drug-likeness (QED) is 0.202. The van der Waals surface area contributed by atoms with Crippen molar-refractivity contribution in [3.05, 3.63) is 151 Å². The van der Waals surface area contributed by atoms with Crippen molar-refractivity contribution in [3.8, 4) is 34.4 Å². The van der Waals surface area contributed by atoms with Gasteiger partial charge >= 0.3 is 0 Å². The highest BCUT2D eigenvalue weighted by atomic mass is 15.2. The third-order valence-electron chi connectivity index (χ3n) is 6.92. The van der Waals surface area contributed by atoms with Gasteiger partial charge in [-0.25, -0.2) is 4.98 Å². The van der Waals surface area contributed by atoms with Crippen LogP contribution in [0.3, 0.4) is 0 Å². The zero-order valence-electron chi connectivity index (χ0n) is 46.7. The Labute approximate surface area is 293 Å². The molecule has 0 fully saturated rings. The Bertz CT molecular complexity index is 3730. The predicted molar refractivity (Wildman–Crippen MR) is 184 cm³/mol. The predicted octanol–water partition coefficient (Wildman–Crippen LogP) is 9.71. The third-order valence-corrected chi connectivity index (χ3v) is 6.92. The van der Waals surface area contributed by atoms with Gasteiger partial charge in [0.2, 0.25) is 5.95 Å². The molecule has 0 aliphatic heterocycles. The third kappa shape index (κ3) is 4.05. The lowest BCUT2D eigenvalue weighted by Gasteiger charge is -2.12. The van der Waals surface area contributed by atoms with E-state index < -0.39 is 212 Å². The summed E-state index contributed by atoms with van der Waals surface area (Å²) < 4.78 is 213. The lowest BCUT2D eigenvalue weighted by Crippen LogP contribution is -2.06. The highest BCUT2D eigenvalue weighted by Crippen LogP contribution is 2.35. The number of para-hydroxylation sites is 3. The summed E-state index contributed by atoms with van der Waals surface area (Å²) in [6.45, 7) is 1.34. The molecule has 5 heteroatoms. The van der Waals surface area contributed by atoms with Gasteiger partial charge in [0.15, 0.2) is 11.6 Å². The van der Waals surface area contributed by atoms with Gasteiger partial charge in [0.1, 0.15) is 0 Å². The molecule has 0 bridgehead atoms. The molecule has 0 aliphatic carbocycles. The summed E-state index contributed by atoms with van der Waals surface area (Å²) in [6, 6.07) is -19.3. The topological polar surface area (TPSA) is 48.5 Å². The minimum Gasteiger partial charge on any atom is -0.309 e. The van der Waals surface area contributed by atoms with Gasteiger partial charge in [0, 0.05) is 38.4 Å². The fourth-order valence-electron chi connectivity index (χ4n) is 5.06. The maximum Gasteiger partial charge on any atom is 0.238 e. The number of aromatic nitrogens is 5. The summed E-state index contributed by atoms with van der Waals surface area (Å²) in [5.41, 5.74) is -4.36. The average molecular weight is 602 g/mol. The molecule has 5 nitrogen and oxygen atoms in total. The second-order valence-electron chi connectivity index (χ2n) is 9.57. The van der Waals surface area contributed by atoms with Crippen LogP contribution in [0.25, 0.3) is 78.0 Å². The van der Waals surface area contributed by atoms with Gasteiger partial charge in [-0.1, -0.05) is 108 Å². The molecule has 9 aromatic rings. The maximum absolute atomic E-state index is 9.76. The van der Waals surface area contributed by atoms with E-state index in [1.54, 1.807) is 0 Å². The molecule has 0 spiro atoms. The Hall–Kier alpha value is -6.07. The van der Waals surface area contributed by atoms with E-state index in [4.69, 9.17) is 28.8 Å². The first-order valence-electron chi connectivity index (χ1n) is 25.2. The molecule has 212 valence electrons. The first-order valence-corrected chi connectivity index (χ1v) is 13.2. The molecular weight excluding hydrogens is 550 g/mol. The van der Waals surface area contributed by atoms with Crippen molar-refractivity contribution in [2.75, 3.05) is 0 Å². The van der Waals surface area contributed by atoms with Crippen molar-refractivity contribution in [1.29, 1.82) is 0 Å². The van der Waals surface area contributed by atoms with Crippen LogP contribution in [0.1, 0.15) is 38.5 Å². The maximum atomic E-state index is 9.76. The number of hydrogen-bond acceptors (Lipinski definition) is 3. The van der Waals surface area contributed by atoms with Gasteiger partial charge in [0.05, 0.1) is 55.0 Å². The highest BCUT2D eigenvalue weighted by molar-refractivity contribution is 6.10. The Morgan fingerprint density at radius 1 is 0.444 bits per heavy atom. The van der Waals surface area contributed by atoms with Crippen LogP contribution < -0.4 is 0 Å². The first kappa shape index (κ1) is 11.1. The van der Waals surface area contributed by atoms with Crippen molar-refractivity contribution in [1.82, 2.24) is 24.1 Å². The van der Waals surface area contributed by atoms with Crippen LogP contribution in [0.4, 0.5) is 0 Å². The summed E-state index contributed by atoms with van der Waals surface area (Å²) in [4.78, 5) is 13.2. The summed E-state index contributed by atoms with van der Waals surface area (Å²) >= 11 is 0. The number of hydrogen-bond donors (Lipinski definition) is 0. The van der Waals surface area contributed by atoms with Gasteiger partial charge < -0.3 is 4.57 Å². The Morgan fingerprint density at radius 3 is 1.67 bits per heavy atom. The van der Waals surface area contributed by atoms with Crippen LogP contribution in [0.2, 0.25) is 0 Å². The smallest absolute Gasteiger partial charge is 0.238 e. The number of rotatable bonds is 4. The average Bonchev–Trinajstić information content (AvgIpc) is 3.87. The minimum atomic E-state index is -0.992. The molecule has 3 heterocycles. The molecule has 0 unspecified atom stereocenters. The Kier molecular flexibility index (Phi) is 2.47. The fourth-order valence-corrected chi connectivity index (χ4v) is 5.06. The lowest BCUT2D eigenvalue weighted by atomic mass is 10.1. The number of fused-ring (bicyclic) bond motifs is 6. The second-order valence-corrected chi connectivity index (χ2v) is 9.57. The van der Waals surface area contributed by atoms with E-state index in [-0.39, 0.29) is 16.3 Å². The van der Waals surface area contributed by atoms with Crippen molar-refractivity contribution in [3.63, 3.8) is 0 Å². The van der Waals surface area contributed by atoms with Crippen LogP contribution in [-0.2, 0) is 0 Å². The first-order chi connectivity index (χ1) is 32.2. The molecule has 9 rings (SSSR count). The molecule has 0 amide bonds. The molecule has 0 N–H and O–H groups in total. The second kappa shape index (κ2) is 10.00. The van der Waals surface area contributed by atoms with Crippen molar-refractivity contribution >= 4 is 43.6 Å². The van der Waals surface area contributed by atoms with E-state index in [1.807, 2.05) is 0 Å². The molecule has 0 saturated carbocycles. The summed E-state index contributed by atoms with van der Waals surface area (Å²) in [5.74, 6) is -2.51. The lowest BCUT2D eigenvalue weighted by molar-refractivity contribution is 0.953. The van der Waals surface area contributed by atoms with E-state index in [2.05, 4.69) is 15.0 Å². The van der Waals surface area contributed by atoms with Crippen molar-refractivity contribution < 1.29 is 32.9 Å².